The second-order valence-electron chi connectivity index (χ2n) is 4.06. The lowest BCUT2D eigenvalue weighted by Gasteiger charge is -2.15. The molecule has 0 saturated carbocycles. The Morgan fingerprint density at radius 1 is 1.56 bits per heavy atom. The highest BCUT2D eigenvalue weighted by Gasteiger charge is 2.11. The lowest BCUT2D eigenvalue weighted by molar-refractivity contribution is 0.0692. The van der Waals surface area contributed by atoms with Crippen LogP contribution in [0.1, 0.15) is 29.3 Å². The number of carbonyl (C=O) groups is 1. The molecule has 0 aliphatic heterocycles. The average molecular weight is 271 g/mol. The average Bonchev–Trinajstić information content (AvgIpc) is 2.34. The monoisotopic (exact) mass is 271 g/mol. The van der Waals surface area contributed by atoms with E-state index in [2.05, 4.69) is 12.2 Å². The van der Waals surface area contributed by atoms with Gasteiger partial charge in [0.2, 0.25) is 0 Å². The van der Waals surface area contributed by atoms with E-state index in [0.29, 0.717) is 12.6 Å². The fraction of sp³-hybridized carbons (Fsp3) is 0.462. The van der Waals surface area contributed by atoms with E-state index in [1.54, 1.807) is 17.8 Å². The van der Waals surface area contributed by atoms with Gasteiger partial charge in [0.05, 0.1) is 5.56 Å². The first kappa shape index (κ1) is 15.0. The fourth-order valence-electron chi connectivity index (χ4n) is 1.63. The van der Waals surface area contributed by atoms with Crippen LogP contribution in [0.4, 0.5) is 4.39 Å². The number of thioether (sulfide) groups is 1. The fourth-order valence-corrected chi connectivity index (χ4v) is 2.38. The van der Waals surface area contributed by atoms with Crippen LogP contribution in [0.25, 0.3) is 0 Å². The summed E-state index contributed by atoms with van der Waals surface area (Å²) in [5.41, 5.74) is 0.479. The maximum atomic E-state index is 13.4. The van der Waals surface area contributed by atoms with Crippen molar-refractivity contribution >= 4 is 17.7 Å². The normalized spacial score (nSPS) is 12.4. The van der Waals surface area contributed by atoms with Crippen LogP contribution in [-0.2, 0) is 6.54 Å². The van der Waals surface area contributed by atoms with Crippen LogP contribution < -0.4 is 5.32 Å². The van der Waals surface area contributed by atoms with E-state index in [4.69, 9.17) is 5.11 Å². The summed E-state index contributed by atoms with van der Waals surface area (Å²) in [6.45, 7) is 2.65. The van der Waals surface area contributed by atoms with E-state index in [-0.39, 0.29) is 5.56 Å². The smallest absolute Gasteiger partial charge is 0.338 e. The highest BCUT2D eigenvalue weighted by molar-refractivity contribution is 7.98. The lowest BCUT2D eigenvalue weighted by atomic mass is 10.1. The molecule has 18 heavy (non-hydrogen) atoms. The number of hydrogen-bond donors (Lipinski definition) is 2. The maximum absolute atomic E-state index is 13.4. The van der Waals surface area contributed by atoms with Crippen molar-refractivity contribution in [3.8, 4) is 0 Å². The molecule has 3 nitrogen and oxygen atoms in total. The summed E-state index contributed by atoms with van der Waals surface area (Å²) in [7, 11) is 0. The second kappa shape index (κ2) is 7.38. The molecule has 0 radical (unpaired) electrons. The van der Waals surface area contributed by atoms with Crippen molar-refractivity contribution in [3.63, 3.8) is 0 Å². The summed E-state index contributed by atoms with van der Waals surface area (Å²) in [5.74, 6) is -0.910. The van der Waals surface area contributed by atoms with E-state index in [1.165, 1.54) is 12.1 Å². The van der Waals surface area contributed by atoms with Gasteiger partial charge in [0.15, 0.2) is 0 Å². The Morgan fingerprint density at radius 2 is 2.28 bits per heavy atom. The molecule has 2 N–H and O–H groups in total. The number of hydrogen-bond acceptors (Lipinski definition) is 3. The minimum absolute atomic E-state index is 0.282. The van der Waals surface area contributed by atoms with Crippen molar-refractivity contribution in [3.05, 3.63) is 35.1 Å². The van der Waals surface area contributed by atoms with E-state index < -0.39 is 11.8 Å². The van der Waals surface area contributed by atoms with Gasteiger partial charge in [-0.3, -0.25) is 0 Å². The first-order valence-electron chi connectivity index (χ1n) is 5.82. The largest absolute Gasteiger partial charge is 0.478 e. The summed E-state index contributed by atoms with van der Waals surface area (Å²) in [6, 6.07) is 4.62. The number of halogens is 1. The van der Waals surface area contributed by atoms with Crippen molar-refractivity contribution in [1.82, 2.24) is 5.32 Å². The zero-order valence-corrected chi connectivity index (χ0v) is 11.4. The van der Waals surface area contributed by atoms with Crippen molar-refractivity contribution in [2.24, 2.45) is 0 Å². The molecule has 1 aromatic rings. The molecule has 0 amide bonds. The molecule has 0 spiro atoms. The molecule has 100 valence electrons. The van der Waals surface area contributed by atoms with Gasteiger partial charge in [0.25, 0.3) is 0 Å². The molecule has 0 fully saturated rings. The number of rotatable bonds is 7. The highest BCUT2D eigenvalue weighted by Crippen LogP contribution is 2.11. The van der Waals surface area contributed by atoms with Gasteiger partial charge in [-0.2, -0.15) is 11.8 Å². The summed E-state index contributed by atoms with van der Waals surface area (Å²) in [5, 5.41) is 12.1. The molecule has 0 heterocycles. The zero-order valence-electron chi connectivity index (χ0n) is 10.6. The Kier molecular flexibility index (Phi) is 6.15. The van der Waals surface area contributed by atoms with Gasteiger partial charge in [-0.25, -0.2) is 9.18 Å². The topological polar surface area (TPSA) is 49.3 Å². The first-order chi connectivity index (χ1) is 8.58. The predicted molar refractivity (Wildman–Crippen MR) is 72.7 cm³/mol. The highest BCUT2D eigenvalue weighted by atomic mass is 32.2. The summed E-state index contributed by atoms with van der Waals surface area (Å²) in [4.78, 5) is 10.7. The molecule has 0 aliphatic rings. The Bertz CT molecular complexity index is 412. The number of nitrogens with one attached hydrogen (secondary N) is 1. The van der Waals surface area contributed by atoms with E-state index in [0.717, 1.165) is 17.7 Å². The molecule has 1 unspecified atom stereocenters. The molecular formula is C13H18FNO2S. The van der Waals surface area contributed by atoms with Gasteiger partial charge >= 0.3 is 5.97 Å². The molecular weight excluding hydrogens is 253 g/mol. The number of benzene rings is 1. The summed E-state index contributed by atoms with van der Waals surface area (Å²) < 4.78 is 13.4. The standard InChI is InChI=1S/C13H18FNO2S/c1-3-10(8-18-2)15-7-9-4-5-11(13(16)17)12(14)6-9/h4-6,10,15H,3,7-8H2,1-2H3,(H,16,17). The second-order valence-corrected chi connectivity index (χ2v) is 4.97. The van der Waals surface area contributed by atoms with Gasteiger partial charge < -0.3 is 10.4 Å². The van der Waals surface area contributed by atoms with Crippen LogP contribution in [0.3, 0.4) is 0 Å². The van der Waals surface area contributed by atoms with E-state index in [1.807, 2.05) is 6.26 Å². The molecule has 1 aromatic carbocycles. The number of carboxylic acid groups (broad SMARTS) is 1. The van der Waals surface area contributed by atoms with Gasteiger partial charge in [0, 0.05) is 18.3 Å². The molecule has 0 bridgehead atoms. The minimum Gasteiger partial charge on any atom is -0.478 e. The Hall–Kier alpha value is -1.07. The third-order valence-electron chi connectivity index (χ3n) is 2.72. The van der Waals surface area contributed by atoms with Crippen molar-refractivity contribution < 1.29 is 14.3 Å². The maximum Gasteiger partial charge on any atom is 0.338 e. The number of carboxylic acids is 1. The molecule has 0 aliphatic carbocycles. The van der Waals surface area contributed by atoms with Crippen LogP contribution in [0, 0.1) is 5.82 Å². The quantitative estimate of drug-likeness (QED) is 0.800. The third-order valence-corrected chi connectivity index (χ3v) is 3.46. The molecule has 0 aromatic heterocycles. The van der Waals surface area contributed by atoms with Crippen LogP contribution in [0.15, 0.2) is 18.2 Å². The van der Waals surface area contributed by atoms with Crippen LogP contribution in [-0.4, -0.2) is 29.1 Å². The Labute approximate surface area is 111 Å². The third kappa shape index (κ3) is 4.31. The summed E-state index contributed by atoms with van der Waals surface area (Å²) >= 11 is 1.76. The van der Waals surface area contributed by atoms with Crippen LogP contribution >= 0.6 is 11.8 Å². The number of aromatic carboxylic acids is 1. The summed E-state index contributed by atoms with van der Waals surface area (Å²) in [6.07, 6.45) is 3.06. The molecule has 1 rings (SSSR count). The first-order valence-corrected chi connectivity index (χ1v) is 7.21. The molecule has 1 atom stereocenters. The van der Waals surface area contributed by atoms with Gasteiger partial charge in [-0.15, -0.1) is 0 Å². The van der Waals surface area contributed by atoms with Crippen LogP contribution in [0.5, 0.6) is 0 Å². The van der Waals surface area contributed by atoms with Crippen molar-refractivity contribution in [2.45, 2.75) is 25.9 Å². The van der Waals surface area contributed by atoms with Crippen LogP contribution in [0.2, 0.25) is 0 Å². The lowest BCUT2D eigenvalue weighted by Crippen LogP contribution is -2.30. The SMILES string of the molecule is CCC(CSC)NCc1ccc(C(=O)O)c(F)c1. The molecule has 0 saturated heterocycles. The van der Waals surface area contributed by atoms with E-state index in [9.17, 15) is 9.18 Å². The van der Waals surface area contributed by atoms with Gasteiger partial charge in [-0.1, -0.05) is 13.0 Å². The zero-order chi connectivity index (χ0) is 13.5. The Balaban J connectivity index is 2.63. The van der Waals surface area contributed by atoms with E-state index >= 15 is 0 Å². The van der Waals surface area contributed by atoms with Gasteiger partial charge in [-0.05, 0) is 30.4 Å². The predicted octanol–water partition coefficient (Wildman–Crippen LogP) is 2.76. The van der Waals surface area contributed by atoms with Crippen molar-refractivity contribution in [2.75, 3.05) is 12.0 Å². The van der Waals surface area contributed by atoms with Crippen molar-refractivity contribution in [1.29, 1.82) is 0 Å². The van der Waals surface area contributed by atoms with Gasteiger partial charge in [0.1, 0.15) is 5.82 Å². The molecule has 5 heteroatoms. The Morgan fingerprint density at radius 3 is 2.78 bits per heavy atom. The minimum atomic E-state index is -1.24.